The van der Waals surface area contributed by atoms with Crippen LogP contribution in [0.2, 0.25) is 0 Å². The van der Waals surface area contributed by atoms with E-state index in [9.17, 15) is 8.42 Å². The lowest BCUT2D eigenvalue weighted by Gasteiger charge is -2.17. The molecule has 1 aliphatic rings. The zero-order valence-corrected chi connectivity index (χ0v) is 12.7. The quantitative estimate of drug-likeness (QED) is 0.713. The van der Waals surface area contributed by atoms with Crippen molar-refractivity contribution in [3.05, 3.63) is 17.8 Å². The maximum Gasteiger partial charge on any atom is 0.315 e. The molecule has 0 amide bonds. The van der Waals surface area contributed by atoms with Crippen molar-refractivity contribution in [2.45, 2.75) is 30.9 Å². The summed E-state index contributed by atoms with van der Waals surface area (Å²) in [6.45, 7) is 2.09. The van der Waals surface area contributed by atoms with Gasteiger partial charge in [0.25, 0.3) is 0 Å². The van der Waals surface area contributed by atoms with Gasteiger partial charge >= 0.3 is 10.1 Å². The largest absolute Gasteiger partial charge is 0.481 e. The van der Waals surface area contributed by atoms with Crippen molar-refractivity contribution in [1.29, 1.82) is 0 Å². The Labute approximate surface area is 119 Å². The lowest BCUT2D eigenvalue weighted by molar-refractivity contribution is 0.191. The number of rotatable bonds is 7. The third-order valence-corrected chi connectivity index (χ3v) is 5.59. The monoisotopic (exact) mass is 301 g/mol. The summed E-state index contributed by atoms with van der Waals surface area (Å²) in [7, 11) is -0.617. The topological polar surface area (TPSA) is 74.7 Å². The minimum absolute atomic E-state index is 0.245. The highest BCUT2D eigenvalue weighted by Gasteiger charge is 2.56. The lowest BCUT2D eigenvalue weighted by Crippen LogP contribution is -2.29. The molecular formula is C13H19NO5S. The van der Waals surface area contributed by atoms with Crippen LogP contribution in [0.5, 0.6) is 11.6 Å². The van der Waals surface area contributed by atoms with Gasteiger partial charge in [0.2, 0.25) is 5.88 Å². The highest BCUT2D eigenvalue weighted by molar-refractivity contribution is 7.88. The van der Waals surface area contributed by atoms with E-state index in [0.717, 1.165) is 0 Å². The van der Waals surface area contributed by atoms with Crippen LogP contribution in [0.4, 0.5) is 0 Å². The van der Waals surface area contributed by atoms with Crippen LogP contribution >= 0.6 is 0 Å². The van der Waals surface area contributed by atoms with Crippen LogP contribution in [-0.4, -0.2) is 39.0 Å². The Bertz CT molecular complexity index is 580. The van der Waals surface area contributed by atoms with Gasteiger partial charge in [0.15, 0.2) is 5.75 Å². The minimum Gasteiger partial charge on any atom is -0.481 e. The van der Waals surface area contributed by atoms with Crippen LogP contribution < -0.4 is 8.92 Å². The zero-order chi connectivity index (χ0) is 14.8. The molecule has 2 rings (SSSR count). The Morgan fingerprint density at radius 1 is 1.30 bits per heavy atom. The molecule has 1 aromatic rings. The number of hydrogen-bond donors (Lipinski definition) is 0. The van der Waals surface area contributed by atoms with Gasteiger partial charge in [0.1, 0.15) is 4.75 Å². The van der Waals surface area contributed by atoms with E-state index < -0.39 is 14.9 Å². The molecule has 6 nitrogen and oxygen atoms in total. The first kappa shape index (κ1) is 15.1. The van der Waals surface area contributed by atoms with Crippen LogP contribution in [0.25, 0.3) is 0 Å². The number of methoxy groups -OCH3 is 2. The summed E-state index contributed by atoms with van der Waals surface area (Å²) in [6.07, 6.45) is 1.68. The van der Waals surface area contributed by atoms with Gasteiger partial charge in [-0.05, 0) is 32.3 Å². The molecule has 1 saturated carbocycles. The van der Waals surface area contributed by atoms with Gasteiger partial charge in [-0.25, -0.2) is 4.98 Å². The second-order valence-electron chi connectivity index (χ2n) is 4.90. The van der Waals surface area contributed by atoms with Gasteiger partial charge in [-0.15, -0.1) is 0 Å². The van der Waals surface area contributed by atoms with E-state index in [1.54, 1.807) is 26.2 Å². The molecule has 0 atom stereocenters. The number of hydrogen-bond acceptors (Lipinski definition) is 6. The van der Waals surface area contributed by atoms with E-state index in [-0.39, 0.29) is 5.75 Å². The highest BCUT2D eigenvalue weighted by atomic mass is 32.2. The molecule has 0 unspecified atom stereocenters. The molecule has 1 heterocycles. The van der Waals surface area contributed by atoms with E-state index in [2.05, 4.69) is 4.98 Å². The Balaban J connectivity index is 2.16. The van der Waals surface area contributed by atoms with Gasteiger partial charge in [-0.2, -0.15) is 8.42 Å². The third kappa shape index (κ3) is 2.88. The molecule has 0 radical (unpaired) electrons. The van der Waals surface area contributed by atoms with Crippen molar-refractivity contribution in [3.63, 3.8) is 0 Å². The van der Waals surface area contributed by atoms with Crippen LogP contribution in [0.3, 0.4) is 0 Å². The fraction of sp³-hybridized carbons (Fsp3) is 0.615. The standard InChI is InChI=1S/C13H19NO5S/c1-10-11(4-5-12(14-10)18-3)19-20(15,16)13(6-7-13)8-9-17-2/h4-5H,6-9H2,1-3H3. The Morgan fingerprint density at radius 3 is 2.50 bits per heavy atom. The minimum atomic E-state index is -3.68. The van der Waals surface area contributed by atoms with Crippen LogP contribution in [0, 0.1) is 6.92 Å². The van der Waals surface area contributed by atoms with Crippen LogP contribution in [0.15, 0.2) is 12.1 Å². The molecule has 0 spiro atoms. The van der Waals surface area contributed by atoms with Crippen molar-refractivity contribution in [2.24, 2.45) is 0 Å². The number of ether oxygens (including phenoxy) is 2. The van der Waals surface area contributed by atoms with Crippen molar-refractivity contribution < 1.29 is 22.1 Å². The summed E-state index contributed by atoms with van der Waals surface area (Å²) < 4.78 is 39.1. The summed E-state index contributed by atoms with van der Waals surface area (Å²) in [4.78, 5) is 4.10. The molecule has 0 bridgehead atoms. The smallest absolute Gasteiger partial charge is 0.315 e. The summed E-state index contributed by atoms with van der Waals surface area (Å²) in [5, 5.41) is 0. The fourth-order valence-corrected chi connectivity index (χ4v) is 3.51. The number of pyridine rings is 1. The van der Waals surface area contributed by atoms with E-state index in [4.69, 9.17) is 13.7 Å². The average molecular weight is 301 g/mol. The second kappa shape index (κ2) is 5.57. The normalized spacial score (nSPS) is 16.8. The Morgan fingerprint density at radius 2 is 2.00 bits per heavy atom. The summed E-state index contributed by atoms with van der Waals surface area (Å²) in [6, 6.07) is 3.14. The van der Waals surface area contributed by atoms with Gasteiger partial charge in [0, 0.05) is 19.8 Å². The maximum atomic E-state index is 12.4. The summed E-state index contributed by atoms with van der Waals surface area (Å²) in [5.41, 5.74) is 0.482. The van der Waals surface area contributed by atoms with E-state index >= 15 is 0 Å². The number of aryl methyl sites for hydroxylation is 1. The van der Waals surface area contributed by atoms with Crippen molar-refractivity contribution in [3.8, 4) is 11.6 Å². The van der Waals surface area contributed by atoms with Gasteiger partial charge < -0.3 is 13.7 Å². The summed E-state index contributed by atoms with van der Waals surface area (Å²) >= 11 is 0. The van der Waals surface area contributed by atoms with E-state index in [1.807, 2.05) is 0 Å². The van der Waals surface area contributed by atoms with Crippen molar-refractivity contribution >= 4 is 10.1 Å². The van der Waals surface area contributed by atoms with Gasteiger partial charge in [-0.3, -0.25) is 0 Å². The zero-order valence-electron chi connectivity index (χ0n) is 11.9. The fourth-order valence-electron chi connectivity index (χ4n) is 1.99. The molecule has 0 saturated heterocycles. The summed E-state index contributed by atoms with van der Waals surface area (Å²) in [5.74, 6) is 0.669. The first-order valence-electron chi connectivity index (χ1n) is 6.39. The molecular weight excluding hydrogens is 282 g/mol. The molecule has 1 aromatic heterocycles. The molecule has 1 aliphatic carbocycles. The average Bonchev–Trinajstić information content (AvgIpc) is 3.20. The Hall–Kier alpha value is -1.34. The maximum absolute atomic E-state index is 12.4. The van der Waals surface area contributed by atoms with Crippen molar-refractivity contribution in [2.75, 3.05) is 20.8 Å². The third-order valence-electron chi connectivity index (χ3n) is 3.52. The van der Waals surface area contributed by atoms with Crippen LogP contribution in [-0.2, 0) is 14.9 Å². The lowest BCUT2D eigenvalue weighted by atomic mass is 10.3. The predicted molar refractivity (Wildman–Crippen MR) is 73.5 cm³/mol. The molecule has 0 N–H and O–H groups in total. The molecule has 7 heteroatoms. The predicted octanol–water partition coefficient (Wildman–Crippen LogP) is 1.68. The molecule has 112 valence electrons. The molecule has 0 aliphatic heterocycles. The molecule has 0 aromatic carbocycles. The molecule has 20 heavy (non-hydrogen) atoms. The second-order valence-corrected chi connectivity index (χ2v) is 6.84. The number of nitrogens with zero attached hydrogens (tertiary/aromatic N) is 1. The van der Waals surface area contributed by atoms with Crippen LogP contribution in [0.1, 0.15) is 25.0 Å². The molecule has 1 fully saturated rings. The van der Waals surface area contributed by atoms with Gasteiger partial charge in [0.05, 0.1) is 12.8 Å². The van der Waals surface area contributed by atoms with Gasteiger partial charge in [-0.1, -0.05) is 0 Å². The SMILES string of the molecule is COCCC1(S(=O)(=O)Oc2ccc(OC)nc2C)CC1. The van der Waals surface area contributed by atoms with E-state index in [1.165, 1.54) is 7.11 Å². The van der Waals surface area contributed by atoms with E-state index in [0.29, 0.717) is 37.4 Å². The van der Waals surface area contributed by atoms with Crippen molar-refractivity contribution in [1.82, 2.24) is 4.98 Å². The Kier molecular flexibility index (Phi) is 4.19. The highest BCUT2D eigenvalue weighted by Crippen LogP contribution is 2.47. The number of aromatic nitrogens is 1. The first-order valence-corrected chi connectivity index (χ1v) is 7.79. The first-order chi connectivity index (χ1) is 9.44.